The largest absolute Gasteiger partial charge is 0.320 e. The van der Waals surface area contributed by atoms with E-state index in [0.717, 1.165) is 12.8 Å². The minimum Gasteiger partial charge on any atom is -0.320 e. The summed E-state index contributed by atoms with van der Waals surface area (Å²) in [6.07, 6.45) is 4.62. The Balaban J connectivity index is 1.59. The number of rotatable bonds is 6. The molecule has 0 unspecified atom stereocenters. The van der Waals surface area contributed by atoms with Crippen LogP contribution in [0.1, 0.15) is 23.2 Å². The van der Waals surface area contributed by atoms with Crippen molar-refractivity contribution in [3.8, 4) is 5.69 Å². The maximum atomic E-state index is 12.7. The first-order valence-corrected chi connectivity index (χ1v) is 9.89. The molecule has 1 fully saturated rings. The van der Waals surface area contributed by atoms with Gasteiger partial charge in [-0.2, -0.15) is 5.10 Å². The summed E-state index contributed by atoms with van der Waals surface area (Å²) >= 11 is 0. The molecule has 0 aliphatic heterocycles. The number of hydrogen-bond acceptors (Lipinski definition) is 5. The lowest BCUT2D eigenvalue weighted by atomic mass is 10.2. The van der Waals surface area contributed by atoms with Gasteiger partial charge in [-0.15, -0.1) is 0 Å². The first kappa shape index (κ1) is 17.4. The van der Waals surface area contributed by atoms with Crippen LogP contribution in [0, 0.1) is 0 Å². The van der Waals surface area contributed by atoms with Crippen LogP contribution in [0.5, 0.6) is 0 Å². The maximum Gasteiger partial charge on any atom is 0.255 e. The zero-order valence-electron chi connectivity index (χ0n) is 14.2. The van der Waals surface area contributed by atoms with Gasteiger partial charge in [0.1, 0.15) is 12.7 Å². The Bertz CT molecular complexity index is 1080. The van der Waals surface area contributed by atoms with Gasteiger partial charge in [-0.25, -0.2) is 22.8 Å². The topological polar surface area (TPSA) is 106 Å². The summed E-state index contributed by atoms with van der Waals surface area (Å²) < 4.78 is 28.9. The quantitative estimate of drug-likeness (QED) is 0.677. The monoisotopic (exact) mass is 383 g/mol. The number of benzene rings is 2. The molecule has 1 saturated carbocycles. The molecule has 1 aliphatic rings. The summed E-state index contributed by atoms with van der Waals surface area (Å²) in [6, 6.07) is 13.1. The molecule has 0 bridgehead atoms. The second-order valence-electron chi connectivity index (χ2n) is 6.23. The number of nitrogens with zero attached hydrogens (tertiary/aromatic N) is 3. The number of aromatic nitrogens is 3. The molecule has 2 aromatic carbocycles. The van der Waals surface area contributed by atoms with Gasteiger partial charge in [-0.1, -0.05) is 18.2 Å². The lowest BCUT2D eigenvalue weighted by molar-refractivity contribution is 0.102. The Morgan fingerprint density at radius 2 is 1.93 bits per heavy atom. The van der Waals surface area contributed by atoms with E-state index in [2.05, 4.69) is 20.1 Å². The summed E-state index contributed by atoms with van der Waals surface area (Å²) in [5.74, 6) is -0.411. The molecule has 8 nitrogen and oxygen atoms in total. The third-order valence-corrected chi connectivity index (χ3v) is 5.64. The van der Waals surface area contributed by atoms with Gasteiger partial charge < -0.3 is 5.32 Å². The fourth-order valence-corrected chi connectivity index (χ4v) is 3.95. The van der Waals surface area contributed by atoms with E-state index in [-0.39, 0.29) is 16.5 Å². The second-order valence-corrected chi connectivity index (χ2v) is 7.95. The average Bonchev–Trinajstić information content (AvgIpc) is 3.30. The van der Waals surface area contributed by atoms with E-state index in [9.17, 15) is 13.2 Å². The van der Waals surface area contributed by atoms with E-state index in [4.69, 9.17) is 0 Å². The van der Waals surface area contributed by atoms with Gasteiger partial charge in [0.05, 0.1) is 16.3 Å². The Morgan fingerprint density at radius 3 is 2.67 bits per heavy atom. The Morgan fingerprint density at radius 1 is 1.11 bits per heavy atom. The zero-order valence-corrected chi connectivity index (χ0v) is 15.1. The molecular weight excluding hydrogens is 366 g/mol. The van der Waals surface area contributed by atoms with Crippen molar-refractivity contribution in [1.29, 1.82) is 0 Å². The number of hydrogen-bond donors (Lipinski definition) is 2. The molecule has 4 rings (SSSR count). The summed E-state index contributed by atoms with van der Waals surface area (Å²) in [4.78, 5) is 16.7. The molecular formula is C18H17N5O3S. The minimum absolute atomic E-state index is 0.00189. The van der Waals surface area contributed by atoms with E-state index in [0.29, 0.717) is 11.4 Å². The highest BCUT2D eigenvalue weighted by Gasteiger charge is 2.28. The highest BCUT2D eigenvalue weighted by Crippen LogP contribution is 2.23. The lowest BCUT2D eigenvalue weighted by Crippen LogP contribution is -2.26. The summed E-state index contributed by atoms with van der Waals surface area (Å²) in [6.45, 7) is 0. The van der Waals surface area contributed by atoms with Gasteiger partial charge in [-0.05, 0) is 43.2 Å². The molecule has 1 aliphatic carbocycles. The molecule has 0 radical (unpaired) electrons. The van der Waals surface area contributed by atoms with Crippen LogP contribution >= 0.6 is 0 Å². The first-order valence-electron chi connectivity index (χ1n) is 8.41. The molecule has 1 aromatic heterocycles. The molecule has 138 valence electrons. The minimum atomic E-state index is -3.62. The number of carbonyl (C=O) groups excluding carboxylic acids is 1. The van der Waals surface area contributed by atoms with Gasteiger partial charge in [0, 0.05) is 11.6 Å². The molecule has 0 spiro atoms. The Labute approximate surface area is 156 Å². The number of sulfonamides is 1. The fourth-order valence-electron chi connectivity index (χ4n) is 2.60. The van der Waals surface area contributed by atoms with Crippen molar-refractivity contribution in [1.82, 2.24) is 19.5 Å². The third kappa shape index (κ3) is 3.88. The van der Waals surface area contributed by atoms with Crippen molar-refractivity contribution in [2.45, 2.75) is 23.8 Å². The number of amides is 1. The van der Waals surface area contributed by atoms with Gasteiger partial charge >= 0.3 is 0 Å². The third-order valence-electron chi connectivity index (χ3n) is 4.12. The van der Waals surface area contributed by atoms with E-state index in [1.165, 1.54) is 29.5 Å². The number of nitrogens with one attached hydrogen (secondary N) is 2. The van der Waals surface area contributed by atoms with Crippen molar-refractivity contribution in [2.24, 2.45) is 0 Å². The van der Waals surface area contributed by atoms with Crippen molar-refractivity contribution in [2.75, 3.05) is 5.32 Å². The van der Waals surface area contributed by atoms with Gasteiger partial charge in [0.25, 0.3) is 5.91 Å². The smallest absolute Gasteiger partial charge is 0.255 e. The Hall–Kier alpha value is -3.04. The van der Waals surface area contributed by atoms with Crippen LogP contribution in [-0.2, 0) is 10.0 Å². The highest BCUT2D eigenvalue weighted by atomic mass is 32.2. The molecule has 1 amide bonds. The van der Waals surface area contributed by atoms with Crippen LogP contribution in [0.3, 0.4) is 0 Å². The summed E-state index contributed by atoms with van der Waals surface area (Å²) in [5, 5.41) is 6.88. The molecule has 9 heteroatoms. The molecule has 2 N–H and O–H groups in total. The van der Waals surface area contributed by atoms with Crippen molar-refractivity contribution >= 4 is 21.6 Å². The fraction of sp³-hybridized carbons (Fsp3) is 0.167. The van der Waals surface area contributed by atoms with Crippen LogP contribution < -0.4 is 10.0 Å². The molecule has 27 heavy (non-hydrogen) atoms. The van der Waals surface area contributed by atoms with Crippen LogP contribution in [-0.4, -0.2) is 35.1 Å². The van der Waals surface area contributed by atoms with Crippen LogP contribution in [0.2, 0.25) is 0 Å². The Kier molecular flexibility index (Phi) is 4.46. The van der Waals surface area contributed by atoms with Crippen LogP contribution in [0.4, 0.5) is 5.69 Å². The van der Waals surface area contributed by atoms with Crippen molar-refractivity contribution in [3.05, 3.63) is 66.7 Å². The molecule has 0 atom stereocenters. The number of carbonyl (C=O) groups is 1. The summed E-state index contributed by atoms with van der Waals surface area (Å²) in [7, 11) is -3.62. The zero-order chi connectivity index (χ0) is 18.9. The van der Waals surface area contributed by atoms with Gasteiger partial charge in [0.2, 0.25) is 10.0 Å². The van der Waals surface area contributed by atoms with Crippen molar-refractivity contribution < 1.29 is 13.2 Å². The first-order chi connectivity index (χ1) is 13.0. The maximum absolute atomic E-state index is 12.7. The predicted molar refractivity (Wildman–Crippen MR) is 99.1 cm³/mol. The number of para-hydroxylation sites is 2. The van der Waals surface area contributed by atoms with E-state index in [1.807, 2.05) is 6.07 Å². The molecule has 1 heterocycles. The highest BCUT2D eigenvalue weighted by molar-refractivity contribution is 7.89. The van der Waals surface area contributed by atoms with Gasteiger partial charge in [0.15, 0.2) is 0 Å². The molecule has 3 aromatic rings. The normalized spacial score (nSPS) is 14.1. The lowest BCUT2D eigenvalue weighted by Gasteiger charge is -2.11. The van der Waals surface area contributed by atoms with Gasteiger partial charge in [-0.3, -0.25) is 4.79 Å². The summed E-state index contributed by atoms with van der Waals surface area (Å²) in [5.41, 5.74) is 1.45. The SMILES string of the molecule is O=C(Nc1ccccc1-n1cncn1)c1cccc(S(=O)(=O)NC2CC2)c1. The second kappa shape index (κ2) is 6.93. The number of anilines is 1. The molecule has 0 saturated heterocycles. The van der Waals surface area contributed by atoms with Crippen LogP contribution in [0.25, 0.3) is 5.69 Å². The standard InChI is InChI=1S/C18H17N5O3S/c24-18(21-16-6-1-2-7-17(16)23-12-19-11-20-23)13-4-3-5-15(10-13)27(25,26)22-14-8-9-14/h1-7,10-12,14,22H,8-9H2,(H,21,24). The van der Waals surface area contributed by atoms with Crippen LogP contribution in [0.15, 0.2) is 66.1 Å². The van der Waals surface area contributed by atoms with E-state index in [1.54, 1.807) is 30.3 Å². The van der Waals surface area contributed by atoms with Crippen molar-refractivity contribution in [3.63, 3.8) is 0 Å². The predicted octanol–water partition coefficient (Wildman–Crippen LogP) is 1.96. The van der Waals surface area contributed by atoms with E-state index >= 15 is 0 Å². The van der Waals surface area contributed by atoms with E-state index < -0.39 is 15.9 Å². The average molecular weight is 383 g/mol.